The molecule has 0 radical (unpaired) electrons. The fourth-order valence-corrected chi connectivity index (χ4v) is 26.2. The molecule has 6 heterocycles. The Morgan fingerprint density at radius 1 is 0.345 bits per heavy atom. The Balaban J connectivity index is 0.970. The van der Waals surface area contributed by atoms with E-state index in [9.17, 15) is 30.6 Å². The molecular formula is C94H76F4N4O2S6. The quantitative estimate of drug-likeness (QED) is 0.0230. The summed E-state index contributed by atoms with van der Waals surface area (Å²) in [6, 6.07) is 52.9. The topological polar surface area (TPSA) is 129 Å². The number of nitrogens with zero attached hydrogens (tertiary/aromatic N) is 4. The summed E-state index contributed by atoms with van der Waals surface area (Å²) in [5.41, 5.74) is 11.3. The van der Waals surface area contributed by atoms with E-state index < -0.39 is 45.7 Å². The Labute approximate surface area is 662 Å². The number of halogens is 4. The van der Waals surface area contributed by atoms with E-state index in [2.05, 4.69) is 137 Å². The van der Waals surface area contributed by atoms with Gasteiger partial charge in [-0.15, -0.1) is 68.0 Å². The van der Waals surface area contributed by atoms with Gasteiger partial charge in [-0.1, -0.05) is 202 Å². The van der Waals surface area contributed by atoms with Gasteiger partial charge in [0.2, 0.25) is 0 Å². The van der Waals surface area contributed by atoms with Crippen LogP contribution < -0.4 is 0 Å². The summed E-state index contributed by atoms with van der Waals surface area (Å²) in [6.07, 6.45) is 25.2. The first kappa shape index (κ1) is 74.4. The molecule has 548 valence electrons. The molecule has 0 unspecified atom stereocenters. The Morgan fingerprint density at radius 2 is 0.618 bits per heavy atom. The van der Waals surface area contributed by atoms with E-state index in [0.717, 1.165) is 199 Å². The Hall–Kier alpha value is -9.72. The summed E-state index contributed by atoms with van der Waals surface area (Å²) >= 11 is 10.2. The van der Waals surface area contributed by atoms with Crippen LogP contribution in [-0.4, -0.2) is 11.6 Å². The minimum Gasteiger partial charge on any atom is -0.289 e. The molecule has 16 rings (SSSR count). The highest BCUT2D eigenvalue weighted by atomic mass is 32.1. The van der Waals surface area contributed by atoms with Crippen LogP contribution in [0.4, 0.5) is 17.6 Å². The SMILES string of the molecule is CCCCCCc1ccc(C2(c3ccc(CCCCCC)cc3)c3c(sc4cc(C=C5C(=O)c6cc(F)c(F)cc6C5=C(C#N)C#N)sc34)-c3sc4c5c(sc4c32)-c2sc3cc(/C=C4/C(=O)c6cc(F)c(F)cc6C4=C(C#N)C#N)sc3c2C5(c2ccc(CCCCCC)cc2)c2ccc(CCCCCC)cc2)cc1. The van der Waals surface area contributed by atoms with Crippen molar-refractivity contribution in [3.8, 4) is 43.8 Å². The molecule has 0 saturated carbocycles. The van der Waals surface area contributed by atoms with Crippen LogP contribution in [-0.2, 0) is 36.5 Å². The van der Waals surface area contributed by atoms with Crippen molar-refractivity contribution in [2.75, 3.05) is 0 Å². The number of fused-ring (bicyclic) bond motifs is 15. The Bertz CT molecular complexity index is 5540. The number of carbonyl (C=O) groups excluding carboxylic acids is 2. The normalized spacial score (nSPS) is 14.9. The van der Waals surface area contributed by atoms with Crippen LogP contribution in [0.3, 0.4) is 0 Å². The molecule has 0 aliphatic heterocycles. The van der Waals surface area contributed by atoms with Gasteiger partial charge in [0.15, 0.2) is 34.8 Å². The minimum atomic E-state index is -1.20. The average Bonchev–Trinajstić information content (AvgIpc) is 1.48. The van der Waals surface area contributed by atoms with Gasteiger partial charge in [0.1, 0.15) is 35.4 Å². The highest BCUT2D eigenvalue weighted by molar-refractivity contribution is 7.37. The molecule has 110 heavy (non-hydrogen) atoms. The lowest BCUT2D eigenvalue weighted by atomic mass is 9.67. The average molecular weight is 1560 g/mol. The van der Waals surface area contributed by atoms with E-state index in [1.54, 1.807) is 34.8 Å². The van der Waals surface area contributed by atoms with Crippen molar-refractivity contribution >= 4 is 131 Å². The third-order valence-corrected chi connectivity index (χ3v) is 30.3. The number of nitriles is 4. The number of aryl methyl sites for hydroxylation is 4. The summed E-state index contributed by atoms with van der Waals surface area (Å²) in [5.74, 6) is -5.99. The van der Waals surface area contributed by atoms with E-state index in [1.807, 2.05) is 47.0 Å². The molecule has 0 saturated heterocycles. The van der Waals surface area contributed by atoms with E-state index >= 15 is 17.6 Å². The van der Waals surface area contributed by atoms with Gasteiger partial charge in [-0.25, -0.2) is 17.6 Å². The molecule has 0 atom stereocenters. The van der Waals surface area contributed by atoms with Crippen LogP contribution in [0.5, 0.6) is 0 Å². The van der Waals surface area contributed by atoms with Crippen molar-refractivity contribution in [2.24, 2.45) is 0 Å². The lowest BCUT2D eigenvalue weighted by molar-refractivity contribution is 0.103. The number of allylic oxidation sites excluding steroid dienone is 6. The number of hydrogen-bond donors (Lipinski definition) is 0. The maximum Gasteiger partial charge on any atom is 0.194 e. The van der Waals surface area contributed by atoms with Crippen molar-refractivity contribution in [2.45, 2.75) is 167 Å². The van der Waals surface area contributed by atoms with Crippen molar-refractivity contribution in [3.63, 3.8) is 0 Å². The molecule has 16 heteroatoms. The van der Waals surface area contributed by atoms with Gasteiger partial charge in [-0.05, 0) is 156 Å². The predicted octanol–water partition coefficient (Wildman–Crippen LogP) is 27.5. The zero-order valence-corrected chi connectivity index (χ0v) is 66.5. The largest absolute Gasteiger partial charge is 0.289 e. The summed E-state index contributed by atoms with van der Waals surface area (Å²) in [6.45, 7) is 8.94. The maximum atomic E-state index is 15.2. The highest BCUT2D eigenvalue weighted by Crippen LogP contribution is 2.72. The van der Waals surface area contributed by atoms with E-state index in [1.165, 1.54) is 91.1 Å². The zero-order chi connectivity index (χ0) is 76.3. The van der Waals surface area contributed by atoms with Crippen molar-refractivity contribution < 1.29 is 27.2 Å². The summed E-state index contributed by atoms with van der Waals surface area (Å²) in [7, 11) is 0. The van der Waals surface area contributed by atoms with Crippen molar-refractivity contribution in [1.29, 1.82) is 21.0 Å². The molecule has 0 amide bonds. The monoisotopic (exact) mass is 1560 g/mol. The molecule has 4 aliphatic rings. The van der Waals surface area contributed by atoms with Crippen LogP contribution in [0, 0.1) is 68.6 Å². The molecule has 6 aromatic carbocycles. The molecule has 0 bridgehead atoms. The summed E-state index contributed by atoms with van der Waals surface area (Å²) < 4.78 is 66.9. The minimum absolute atomic E-state index is 0.00363. The molecule has 0 spiro atoms. The van der Waals surface area contributed by atoms with Gasteiger partial charge in [0.05, 0.1) is 49.1 Å². The number of Topliss-reactive ketones (excluding diaryl/α,β-unsaturated/α-hetero) is 2. The zero-order valence-electron chi connectivity index (χ0n) is 61.6. The molecule has 0 fully saturated rings. The molecular weight excluding hydrogens is 1490 g/mol. The molecule has 4 aliphatic carbocycles. The standard InChI is InChI=1S/C94H76F4N4O2S6/c1-5-9-13-17-21-53-25-33-59(34-26-53)93(60-35-27-54(28-36-60)22-18-14-10-6-2)79-85-75(43-63(105-85)41-69-77(57(49-99)50-100)65-45-71(95)73(97)47-67(65)83(69)103)107-87(79)89-81(93)91-92(109-89)82-90(110-91)88-80(86-76(108-88)44-64(106-86)42-70-78(58(51-101)52-102)66-46-72(96)74(98)48-68(66)84(70)104)94(82,61-37-29-55(30-38-61)23-19-15-11-7-3)62-39-31-56(32-40-62)24-20-16-12-8-4/h25-48H,5-24H2,1-4H3/b69-41+,70-42?. The van der Waals surface area contributed by atoms with Crippen LogP contribution in [0.25, 0.3) is 71.0 Å². The van der Waals surface area contributed by atoms with Gasteiger partial charge < -0.3 is 0 Å². The first-order valence-corrected chi connectivity index (χ1v) is 43.3. The number of rotatable bonds is 26. The lowest BCUT2D eigenvalue weighted by Gasteiger charge is -2.34. The van der Waals surface area contributed by atoms with Gasteiger partial charge in [-0.3, -0.25) is 9.59 Å². The summed E-state index contributed by atoms with van der Waals surface area (Å²) in [5, 5.41) is 41.5. The number of carbonyl (C=O) groups is 2. The van der Waals surface area contributed by atoms with E-state index in [-0.39, 0.29) is 55.7 Å². The molecule has 6 nitrogen and oxygen atoms in total. The smallest absolute Gasteiger partial charge is 0.194 e. The van der Waals surface area contributed by atoms with Gasteiger partial charge in [-0.2, -0.15) is 21.0 Å². The number of benzene rings is 6. The number of hydrogen-bond acceptors (Lipinski definition) is 12. The van der Waals surface area contributed by atoms with Gasteiger partial charge >= 0.3 is 0 Å². The molecule has 12 aromatic rings. The number of thiophene rings is 6. The maximum absolute atomic E-state index is 15.2. The summed E-state index contributed by atoms with van der Waals surface area (Å²) in [4.78, 5) is 35.2. The van der Waals surface area contributed by atoms with Crippen LogP contribution >= 0.6 is 68.0 Å². The van der Waals surface area contributed by atoms with Crippen LogP contribution in [0.15, 0.2) is 156 Å². The van der Waals surface area contributed by atoms with E-state index in [4.69, 9.17) is 0 Å². The lowest BCUT2D eigenvalue weighted by Crippen LogP contribution is -2.29. The van der Waals surface area contributed by atoms with Crippen LogP contribution in [0.2, 0.25) is 0 Å². The first-order valence-electron chi connectivity index (χ1n) is 38.4. The van der Waals surface area contributed by atoms with Gasteiger partial charge in [0, 0.05) is 74.8 Å². The third kappa shape index (κ3) is 12.4. The van der Waals surface area contributed by atoms with Crippen molar-refractivity contribution in [3.05, 3.63) is 278 Å². The Morgan fingerprint density at radius 3 is 0.900 bits per heavy atom. The Kier molecular flexibility index (Phi) is 20.9. The second-order valence-electron chi connectivity index (χ2n) is 29.4. The number of unbranched alkanes of at least 4 members (excludes halogenated alkanes) is 12. The molecule has 0 N–H and O–H groups in total. The second kappa shape index (κ2) is 30.9. The van der Waals surface area contributed by atoms with Crippen LogP contribution in [0.1, 0.15) is 239 Å². The third-order valence-electron chi connectivity index (χ3n) is 22.7. The second-order valence-corrected chi connectivity index (χ2v) is 35.8. The van der Waals surface area contributed by atoms with E-state index in [0.29, 0.717) is 9.75 Å². The first-order chi connectivity index (χ1) is 53.7. The fourth-order valence-electron chi connectivity index (χ4n) is 17.4. The fraction of sp³-hybridized carbons (Fsp3) is 0.277. The highest BCUT2D eigenvalue weighted by Gasteiger charge is 2.57. The van der Waals surface area contributed by atoms with Gasteiger partial charge in [0.25, 0.3) is 0 Å². The predicted molar refractivity (Wildman–Crippen MR) is 446 cm³/mol. The number of ketones is 2. The molecule has 6 aromatic heterocycles. The van der Waals surface area contributed by atoms with Crippen molar-refractivity contribution in [1.82, 2.24) is 0 Å².